The van der Waals surface area contributed by atoms with Gasteiger partial charge in [-0.05, 0) is 43.3 Å². The number of carbonyl (C=O) groups excluding carboxylic acids is 1. The molecule has 0 spiro atoms. The third-order valence-corrected chi connectivity index (χ3v) is 4.38. The number of rotatable bonds is 6. The van der Waals surface area contributed by atoms with Gasteiger partial charge in [-0.1, -0.05) is 17.7 Å². The standard InChI is InChI=1S/C20H17ClF3N5O2/c1-2-31-19(30)11-4-3-5-12(8-11)28-17-16(25)18(27-10-26-17)29-13-6-7-15(21)14(9-13)20(22,23)24/h3-10H,2,25H2,1H3,(H2,26,27,28,29). The first-order valence-corrected chi connectivity index (χ1v) is 9.35. The Hall–Kier alpha value is -3.53. The van der Waals surface area contributed by atoms with Crippen LogP contribution in [0.25, 0.3) is 0 Å². The molecule has 3 rings (SSSR count). The number of hydrogen-bond acceptors (Lipinski definition) is 7. The van der Waals surface area contributed by atoms with E-state index in [1.807, 2.05) is 0 Å². The van der Waals surface area contributed by atoms with E-state index in [0.717, 1.165) is 12.1 Å². The van der Waals surface area contributed by atoms with Crippen LogP contribution in [0.4, 0.5) is 41.9 Å². The minimum Gasteiger partial charge on any atom is -0.462 e. The molecule has 0 bridgehead atoms. The summed E-state index contributed by atoms with van der Waals surface area (Å²) in [4.78, 5) is 19.9. The summed E-state index contributed by atoms with van der Waals surface area (Å²) in [6.07, 6.45) is -3.42. The van der Waals surface area contributed by atoms with Crippen LogP contribution in [-0.2, 0) is 10.9 Å². The fraction of sp³-hybridized carbons (Fsp3) is 0.150. The van der Waals surface area contributed by atoms with Crippen molar-refractivity contribution in [3.05, 3.63) is 64.9 Å². The monoisotopic (exact) mass is 451 g/mol. The molecule has 0 aliphatic rings. The molecule has 31 heavy (non-hydrogen) atoms. The highest BCUT2D eigenvalue weighted by molar-refractivity contribution is 6.31. The topological polar surface area (TPSA) is 102 Å². The zero-order valence-corrected chi connectivity index (χ0v) is 16.9. The highest BCUT2D eigenvalue weighted by atomic mass is 35.5. The molecule has 162 valence electrons. The Bertz CT molecular complexity index is 1110. The van der Waals surface area contributed by atoms with E-state index in [2.05, 4.69) is 20.6 Å². The molecular formula is C20H17ClF3N5O2. The van der Waals surface area contributed by atoms with Crippen molar-refractivity contribution in [3.8, 4) is 0 Å². The van der Waals surface area contributed by atoms with Crippen LogP contribution in [0.5, 0.6) is 0 Å². The number of nitrogens with zero attached hydrogens (tertiary/aromatic N) is 2. The molecule has 1 aromatic heterocycles. The molecule has 0 atom stereocenters. The van der Waals surface area contributed by atoms with Gasteiger partial charge >= 0.3 is 12.1 Å². The summed E-state index contributed by atoms with van der Waals surface area (Å²) in [5.74, 6) is -0.189. The fourth-order valence-corrected chi connectivity index (χ4v) is 2.85. The van der Waals surface area contributed by atoms with Gasteiger partial charge in [-0.25, -0.2) is 14.8 Å². The second-order valence-corrected chi connectivity index (χ2v) is 6.64. The Kier molecular flexibility index (Phi) is 6.50. The molecule has 1 heterocycles. The lowest BCUT2D eigenvalue weighted by molar-refractivity contribution is -0.137. The van der Waals surface area contributed by atoms with E-state index >= 15 is 0 Å². The summed E-state index contributed by atoms with van der Waals surface area (Å²) >= 11 is 5.64. The molecule has 0 fully saturated rings. The predicted octanol–water partition coefficient (Wildman–Crippen LogP) is 5.39. The van der Waals surface area contributed by atoms with E-state index in [4.69, 9.17) is 22.1 Å². The number of nitrogen functional groups attached to an aromatic ring is 1. The average Bonchev–Trinajstić information content (AvgIpc) is 2.72. The Morgan fingerprint density at radius 3 is 2.35 bits per heavy atom. The van der Waals surface area contributed by atoms with E-state index in [-0.39, 0.29) is 29.6 Å². The van der Waals surface area contributed by atoms with Gasteiger partial charge in [-0.2, -0.15) is 13.2 Å². The molecule has 0 aliphatic heterocycles. The van der Waals surface area contributed by atoms with E-state index in [0.29, 0.717) is 11.3 Å². The van der Waals surface area contributed by atoms with Crippen LogP contribution in [0.2, 0.25) is 5.02 Å². The number of benzene rings is 2. The Morgan fingerprint density at radius 2 is 1.74 bits per heavy atom. The maximum atomic E-state index is 13.1. The van der Waals surface area contributed by atoms with Crippen molar-refractivity contribution in [2.45, 2.75) is 13.1 Å². The van der Waals surface area contributed by atoms with Crippen LogP contribution in [0.15, 0.2) is 48.8 Å². The van der Waals surface area contributed by atoms with E-state index in [1.54, 1.807) is 31.2 Å². The number of nitrogens with two attached hydrogens (primary N) is 1. The van der Waals surface area contributed by atoms with Crippen molar-refractivity contribution < 1.29 is 22.7 Å². The number of anilines is 5. The van der Waals surface area contributed by atoms with Crippen molar-refractivity contribution in [1.82, 2.24) is 9.97 Å². The zero-order valence-electron chi connectivity index (χ0n) is 16.1. The predicted molar refractivity (Wildman–Crippen MR) is 112 cm³/mol. The Labute approximate surface area is 180 Å². The summed E-state index contributed by atoms with van der Waals surface area (Å²) in [7, 11) is 0. The van der Waals surface area contributed by atoms with Crippen LogP contribution in [0, 0.1) is 0 Å². The molecular weight excluding hydrogens is 435 g/mol. The van der Waals surface area contributed by atoms with Gasteiger partial charge < -0.3 is 21.1 Å². The molecule has 7 nitrogen and oxygen atoms in total. The number of esters is 1. The first-order valence-electron chi connectivity index (χ1n) is 8.97. The van der Waals surface area contributed by atoms with E-state index < -0.39 is 22.7 Å². The van der Waals surface area contributed by atoms with Crippen LogP contribution >= 0.6 is 11.6 Å². The Morgan fingerprint density at radius 1 is 1.10 bits per heavy atom. The zero-order chi connectivity index (χ0) is 22.6. The van der Waals surface area contributed by atoms with Gasteiger partial charge in [0.15, 0.2) is 11.6 Å². The highest BCUT2D eigenvalue weighted by Crippen LogP contribution is 2.37. The SMILES string of the molecule is CCOC(=O)c1cccc(Nc2ncnc(Nc3ccc(Cl)c(C(F)(F)F)c3)c2N)c1. The average molecular weight is 452 g/mol. The Balaban J connectivity index is 1.85. The van der Waals surface area contributed by atoms with Gasteiger partial charge in [0, 0.05) is 11.4 Å². The molecule has 0 radical (unpaired) electrons. The third-order valence-electron chi connectivity index (χ3n) is 4.05. The summed E-state index contributed by atoms with van der Waals surface area (Å²) < 4.78 is 44.2. The largest absolute Gasteiger partial charge is 0.462 e. The van der Waals surface area contributed by atoms with Gasteiger partial charge in [0.2, 0.25) is 0 Å². The molecule has 2 aromatic carbocycles. The summed E-state index contributed by atoms with van der Waals surface area (Å²) in [6.45, 7) is 1.94. The second-order valence-electron chi connectivity index (χ2n) is 6.23. The van der Waals surface area contributed by atoms with Gasteiger partial charge in [0.05, 0.1) is 22.8 Å². The first-order chi connectivity index (χ1) is 14.7. The first kappa shape index (κ1) is 22.2. The van der Waals surface area contributed by atoms with Crippen LogP contribution in [0.1, 0.15) is 22.8 Å². The highest BCUT2D eigenvalue weighted by Gasteiger charge is 2.33. The minimum absolute atomic E-state index is 0.0625. The molecule has 0 saturated heterocycles. The van der Waals surface area contributed by atoms with Gasteiger partial charge in [0.1, 0.15) is 12.0 Å². The number of alkyl halides is 3. The van der Waals surface area contributed by atoms with Gasteiger partial charge in [-0.15, -0.1) is 0 Å². The molecule has 3 aromatic rings. The third kappa shape index (κ3) is 5.34. The van der Waals surface area contributed by atoms with Gasteiger partial charge in [0.25, 0.3) is 0 Å². The lowest BCUT2D eigenvalue weighted by atomic mass is 10.2. The summed E-state index contributed by atoms with van der Waals surface area (Å²) in [5, 5.41) is 5.27. The van der Waals surface area contributed by atoms with Crippen molar-refractivity contribution in [2.24, 2.45) is 0 Å². The van der Waals surface area contributed by atoms with Crippen molar-refractivity contribution >= 4 is 46.3 Å². The smallest absolute Gasteiger partial charge is 0.417 e. The molecule has 4 N–H and O–H groups in total. The van der Waals surface area contributed by atoms with Crippen LogP contribution < -0.4 is 16.4 Å². The van der Waals surface area contributed by atoms with Crippen LogP contribution in [-0.4, -0.2) is 22.5 Å². The normalized spacial score (nSPS) is 11.1. The maximum absolute atomic E-state index is 13.1. The molecule has 0 saturated carbocycles. The number of ether oxygens (including phenoxy) is 1. The second kappa shape index (κ2) is 9.09. The molecule has 0 aliphatic carbocycles. The maximum Gasteiger partial charge on any atom is 0.417 e. The lowest BCUT2D eigenvalue weighted by Crippen LogP contribution is -2.08. The van der Waals surface area contributed by atoms with E-state index in [9.17, 15) is 18.0 Å². The minimum atomic E-state index is -4.61. The number of nitrogens with one attached hydrogen (secondary N) is 2. The van der Waals surface area contributed by atoms with Crippen molar-refractivity contribution in [1.29, 1.82) is 0 Å². The number of aromatic nitrogens is 2. The van der Waals surface area contributed by atoms with Crippen molar-refractivity contribution in [2.75, 3.05) is 23.0 Å². The summed E-state index contributed by atoms with van der Waals surface area (Å²) in [5.41, 5.74) is 6.10. The summed E-state index contributed by atoms with van der Waals surface area (Å²) in [6, 6.07) is 9.85. The lowest BCUT2D eigenvalue weighted by Gasteiger charge is -2.15. The van der Waals surface area contributed by atoms with E-state index in [1.165, 1.54) is 12.4 Å². The number of carbonyl (C=O) groups is 1. The number of hydrogen-bond donors (Lipinski definition) is 3. The molecule has 0 amide bonds. The molecule has 0 unspecified atom stereocenters. The quantitative estimate of drug-likeness (QED) is 0.431. The van der Waals surface area contributed by atoms with Crippen LogP contribution in [0.3, 0.4) is 0 Å². The fourth-order valence-electron chi connectivity index (χ4n) is 2.63. The van der Waals surface area contributed by atoms with Crippen molar-refractivity contribution in [3.63, 3.8) is 0 Å². The van der Waals surface area contributed by atoms with Gasteiger partial charge in [-0.3, -0.25) is 0 Å². The molecule has 11 heteroatoms. The number of halogens is 4.